The summed E-state index contributed by atoms with van der Waals surface area (Å²) >= 11 is 1.32. The third kappa shape index (κ3) is 5.32. The molecule has 0 aliphatic rings. The van der Waals surface area contributed by atoms with Crippen molar-refractivity contribution >= 4 is 40.9 Å². The van der Waals surface area contributed by atoms with Gasteiger partial charge < -0.3 is 15.4 Å². The van der Waals surface area contributed by atoms with E-state index in [4.69, 9.17) is 4.74 Å². The molecule has 0 saturated carbocycles. The number of aromatic nitrogens is 1. The van der Waals surface area contributed by atoms with Crippen LogP contribution in [0.1, 0.15) is 24.2 Å². The van der Waals surface area contributed by atoms with E-state index in [-0.39, 0.29) is 5.91 Å². The average molecular weight is 373 g/mol. The normalized spacial score (nSPS) is 11.3. The topological polar surface area (TPSA) is 97.4 Å². The number of hydrogen-bond donors (Lipinski definition) is 2. The molecular formula is C18H19N3O4S. The molecule has 0 radical (unpaired) electrons. The second-order valence-electron chi connectivity index (χ2n) is 5.36. The number of carbonyl (C=O) groups excluding carboxylic acids is 3. The van der Waals surface area contributed by atoms with Crippen LogP contribution in [0.15, 0.2) is 47.6 Å². The molecule has 2 N–H and O–H groups in total. The Bertz CT molecular complexity index is 808. The van der Waals surface area contributed by atoms with E-state index < -0.39 is 18.0 Å². The number of carbonyl (C=O) groups is 3. The van der Waals surface area contributed by atoms with Crippen molar-refractivity contribution in [3.63, 3.8) is 0 Å². The molecule has 0 bridgehead atoms. The Hall–Kier alpha value is -2.87. The van der Waals surface area contributed by atoms with Gasteiger partial charge in [-0.25, -0.2) is 9.78 Å². The molecule has 0 aliphatic heterocycles. The highest BCUT2D eigenvalue weighted by molar-refractivity contribution is 7.98. The van der Waals surface area contributed by atoms with Gasteiger partial charge in [0.2, 0.25) is 5.91 Å². The minimum atomic E-state index is -0.979. The van der Waals surface area contributed by atoms with E-state index in [2.05, 4.69) is 15.6 Å². The fourth-order valence-corrected chi connectivity index (χ4v) is 2.61. The third-order valence-electron chi connectivity index (χ3n) is 3.31. The van der Waals surface area contributed by atoms with Crippen molar-refractivity contribution in [2.24, 2.45) is 0 Å². The molecule has 2 amide bonds. The molecule has 0 saturated heterocycles. The summed E-state index contributed by atoms with van der Waals surface area (Å²) in [6, 6.07) is 9.85. The monoisotopic (exact) mass is 373 g/mol. The molecule has 136 valence electrons. The van der Waals surface area contributed by atoms with E-state index in [1.54, 1.807) is 48.9 Å². The van der Waals surface area contributed by atoms with Crippen LogP contribution in [0.25, 0.3) is 0 Å². The summed E-state index contributed by atoms with van der Waals surface area (Å²) in [7, 11) is 0. The molecule has 1 aromatic heterocycles. The zero-order valence-electron chi connectivity index (χ0n) is 14.6. The van der Waals surface area contributed by atoms with Gasteiger partial charge in [-0.2, -0.15) is 0 Å². The Morgan fingerprint density at radius 1 is 1.08 bits per heavy atom. The third-order valence-corrected chi connectivity index (χ3v) is 4.02. The maximum atomic E-state index is 12.2. The number of pyridine rings is 1. The molecule has 1 aromatic carbocycles. The van der Waals surface area contributed by atoms with E-state index in [1.165, 1.54) is 25.6 Å². The lowest BCUT2D eigenvalue weighted by molar-refractivity contribution is -0.123. The molecule has 26 heavy (non-hydrogen) atoms. The van der Waals surface area contributed by atoms with Gasteiger partial charge in [0, 0.05) is 24.5 Å². The van der Waals surface area contributed by atoms with E-state index >= 15 is 0 Å². The average Bonchev–Trinajstić information content (AvgIpc) is 2.62. The number of amides is 2. The lowest BCUT2D eigenvalue weighted by Crippen LogP contribution is -2.30. The minimum Gasteiger partial charge on any atom is -0.449 e. The number of esters is 1. The van der Waals surface area contributed by atoms with E-state index in [9.17, 15) is 14.4 Å². The molecule has 0 spiro atoms. The van der Waals surface area contributed by atoms with Crippen molar-refractivity contribution in [1.82, 2.24) is 4.98 Å². The smallest absolute Gasteiger partial charge is 0.341 e. The van der Waals surface area contributed by atoms with Crippen LogP contribution >= 0.6 is 11.8 Å². The van der Waals surface area contributed by atoms with Crippen LogP contribution in [-0.4, -0.2) is 35.1 Å². The van der Waals surface area contributed by atoms with Crippen LogP contribution in [0.5, 0.6) is 0 Å². The van der Waals surface area contributed by atoms with E-state index in [1.807, 2.05) is 0 Å². The highest BCUT2D eigenvalue weighted by atomic mass is 32.2. The Morgan fingerprint density at radius 3 is 2.27 bits per heavy atom. The highest BCUT2D eigenvalue weighted by Gasteiger charge is 2.21. The number of hydrogen-bond acceptors (Lipinski definition) is 6. The molecule has 1 atom stereocenters. The summed E-state index contributed by atoms with van der Waals surface area (Å²) in [5.74, 6) is -1.24. The van der Waals surface area contributed by atoms with Crippen LogP contribution in [0.4, 0.5) is 11.4 Å². The molecule has 1 heterocycles. The fourth-order valence-electron chi connectivity index (χ4n) is 2.07. The van der Waals surface area contributed by atoms with Gasteiger partial charge >= 0.3 is 5.97 Å². The van der Waals surface area contributed by atoms with Crippen molar-refractivity contribution in [1.29, 1.82) is 0 Å². The lowest BCUT2D eigenvalue weighted by atomic mass is 10.2. The van der Waals surface area contributed by atoms with Crippen LogP contribution in [-0.2, 0) is 14.3 Å². The summed E-state index contributed by atoms with van der Waals surface area (Å²) in [6.07, 6.45) is 2.41. The van der Waals surface area contributed by atoms with E-state index in [0.29, 0.717) is 22.0 Å². The maximum Gasteiger partial charge on any atom is 0.341 e. The lowest BCUT2D eigenvalue weighted by Gasteiger charge is -2.14. The molecule has 7 nitrogen and oxygen atoms in total. The maximum absolute atomic E-state index is 12.2. The number of thioether (sulfide) groups is 1. The fraction of sp³-hybridized carbons (Fsp3) is 0.222. The van der Waals surface area contributed by atoms with Gasteiger partial charge in [0.15, 0.2) is 6.10 Å². The predicted molar refractivity (Wildman–Crippen MR) is 100 cm³/mol. The number of rotatable bonds is 6. The van der Waals surface area contributed by atoms with Crippen molar-refractivity contribution in [3.8, 4) is 0 Å². The van der Waals surface area contributed by atoms with Gasteiger partial charge in [0.25, 0.3) is 5.91 Å². The SMILES string of the molecule is CSc1ncccc1C(=O)O[C@H](C)C(=O)Nc1ccc(NC(C)=O)cc1. The molecular weight excluding hydrogens is 354 g/mol. The molecule has 2 rings (SSSR count). The second-order valence-corrected chi connectivity index (χ2v) is 6.15. The Morgan fingerprint density at radius 2 is 1.69 bits per heavy atom. The van der Waals surface area contributed by atoms with Crippen LogP contribution in [0, 0.1) is 0 Å². The van der Waals surface area contributed by atoms with Crippen molar-refractivity contribution < 1.29 is 19.1 Å². The van der Waals surface area contributed by atoms with Gasteiger partial charge in [-0.3, -0.25) is 9.59 Å². The first-order chi connectivity index (χ1) is 12.4. The number of nitrogens with zero attached hydrogens (tertiary/aromatic N) is 1. The zero-order chi connectivity index (χ0) is 19.1. The van der Waals surface area contributed by atoms with Gasteiger partial charge in [0.1, 0.15) is 5.03 Å². The van der Waals surface area contributed by atoms with Crippen LogP contribution < -0.4 is 10.6 Å². The second kappa shape index (κ2) is 9.00. The molecule has 0 unspecified atom stereocenters. The van der Waals surface area contributed by atoms with Gasteiger partial charge in [-0.1, -0.05) is 0 Å². The number of anilines is 2. The molecule has 0 fully saturated rings. The number of nitrogens with one attached hydrogen (secondary N) is 2. The standard InChI is InChI=1S/C18H19N3O4S/c1-11(25-18(24)15-5-4-10-19-17(15)26-3)16(23)21-14-8-6-13(7-9-14)20-12(2)22/h4-11H,1-3H3,(H,20,22)(H,21,23)/t11-/m1/s1. The first kappa shape index (κ1) is 19.5. The summed E-state index contributed by atoms with van der Waals surface area (Å²) in [5, 5.41) is 5.83. The highest BCUT2D eigenvalue weighted by Crippen LogP contribution is 2.19. The first-order valence-electron chi connectivity index (χ1n) is 7.79. The van der Waals surface area contributed by atoms with Crippen LogP contribution in [0.2, 0.25) is 0 Å². The van der Waals surface area contributed by atoms with Crippen LogP contribution in [0.3, 0.4) is 0 Å². The minimum absolute atomic E-state index is 0.178. The first-order valence-corrected chi connectivity index (χ1v) is 9.01. The summed E-state index contributed by atoms with van der Waals surface area (Å²) in [4.78, 5) is 39.6. The Labute approximate surface area is 155 Å². The molecule has 8 heteroatoms. The Kier molecular flexibility index (Phi) is 6.74. The number of benzene rings is 1. The van der Waals surface area contributed by atoms with Crippen molar-refractivity contribution in [3.05, 3.63) is 48.2 Å². The summed E-state index contributed by atoms with van der Waals surface area (Å²) < 4.78 is 5.23. The molecule has 2 aromatic rings. The van der Waals surface area contributed by atoms with Gasteiger partial charge in [-0.05, 0) is 49.6 Å². The van der Waals surface area contributed by atoms with Gasteiger partial charge in [0.05, 0.1) is 5.56 Å². The predicted octanol–water partition coefficient (Wildman–Crippen LogP) is 2.95. The zero-order valence-corrected chi connectivity index (χ0v) is 15.4. The number of ether oxygens (including phenoxy) is 1. The largest absolute Gasteiger partial charge is 0.449 e. The van der Waals surface area contributed by atoms with E-state index in [0.717, 1.165) is 0 Å². The summed E-state index contributed by atoms with van der Waals surface area (Å²) in [6.45, 7) is 2.91. The van der Waals surface area contributed by atoms with Crippen molar-refractivity contribution in [2.75, 3.05) is 16.9 Å². The van der Waals surface area contributed by atoms with Crippen molar-refractivity contribution in [2.45, 2.75) is 25.0 Å². The Balaban J connectivity index is 1.96. The quantitative estimate of drug-likeness (QED) is 0.597. The van der Waals surface area contributed by atoms with Gasteiger partial charge in [-0.15, -0.1) is 11.8 Å². The summed E-state index contributed by atoms with van der Waals surface area (Å²) in [5.41, 5.74) is 1.47. The molecule has 0 aliphatic carbocycles.